The zero-order valence-corrected chi connectivity index (χ0v) is 19.3. The monoisotopic (exact) mass is 489 g/mol. The van der Waals surface area contributed by atoms with Crippen LogP contribution in [0.3, 0.4) is 0 Å². The highest BCUT2D eigenvalue weighted by atomic mass is 127. The van der Waals surface area contributed by atoms with Gasteiger partial charge in [-0.15, -0.1) is 24.0 Å². The van der Waals surface area contributed by atoms with E-state index in [-0.39, 0.29) is 29.7 Å². The van der Waals surface area contributed by atoms with Gasteiger partial charge < -0.3 is 15.5 Å². The van der Waals surface area contributed by atoms with Crippen LogP contribution in [0.1, 0.15) is 40.0 Å². The highest BCUT2D eigenvalue weighted by molar-refractivity contribution is 14.0. The smallest absolute Gasteiger partial charge is 0.215 e. The van der Waals surface area contributed by atoms with Gasteiger partial charge in [-0.05, 0) is 25.8 Å². The van der Waals surface area contributed by atoms with Crippen molar-refractivity contribution < 1.29 is 8.42 Å². The van der Waals surface area contributed by atoms with Crippen molar-refractivity contribution in [3.05, 3.63) is 0 Å². The summed E-state index contributed by atoms with van der Waals surface area (Å²) in [4.78, 5) is 6.71. The van der Waals surface area contributed by atoms with Crippen LogP contribution in [0.2, 0.25) is 0 Å². The minimum atomic E-state index is -3.19. The number of nitrogens with zero attached hydrogens (tertiary/aromatic N) is 3. The van der Waals surface area contributed by atoms with Crippen LogP contribution in [-0.4, -0.2) is 81.7 Å². The van der Waals surface area contributed by atoms with E-state index < -0.39 is 10.0 Å². The van der Waals surface area contributed by atoms with E-state index in [0.29, 0.717) is 31.6 Å². The molecule has 1 fully saturated rings. The Hall–Kier alpha value is -0.130. The number of hydrogen-bond donors (Lipinski definition) is 2. The number of sulfonamides is 1. The highest BCUT2D eigenvalue weighted by Gasteiger charge is 2.20. The molecule has 150 valence electrons. The van der Waals surface area contributed by atoms with Crippen LogP contribution >= 0.6 is 24.0 Å². The summed E-state index contributed by atoms with van der Waals surface area (Å²) in [6, 6.07) is 0.406. The number of piperidine rings is 1. The van der Waals surface area contributed by atoms with Crippen molar-refractivity contribution >= 4 is 40.0 Å². The fourth-order valence-corrected chi connectivity index (χ4v) is 4.45. The minimum absolute atomic E-state index is 0. The lowest BCUT2D eigenvalue weighted by Crippen LogP contribution is -2.49. The van der Waals surface area contributed by atoms with Gasteiger partial charge in [-0.1, -0.05) is 20.8 Å². The second kappa shape index (κ2) is 13.1. The maximum Gasteiger partial charge on any atom is 0.215 e. The lowest BCUT2D eigenvalue weighted by molar-refractivity contribution is 0.206. The van der Waals surface area contributed by atoms with E-state index >= 15 is 0 Å². The Morgan fingerprint density at radius 1 is 1.20 bits per heavy atom. The summed E-state index contributed by atoms with van der Waals surface area (Å²) in [5.41, 5.74) is 0. The molecule has 0 radical (unpaired) electrons. The van der Waals surface area contributed by atoms with Crippen molar-refractivity contribution in [2.45, 2.75) is 46.1 Å². The van der Waals surface area contributed by atoms with E-state index in [0.717, 1.165) is 25.9 Å². The first-order valence-corrected chi connectivity index (χ1v) is 10.7. The topological polar surface area (TPSA) is 77.0 Å². The van der Waals surface area contributed by atoms with E-state index in [1.807, 2.05) is 13.8 Å². The molecular weight excluding hydrogens is 453 g/mol. The Bertz CT molecular complexity index is 475. The molecule has 0 bridgehead atoms. The average molecular weight is 489 g/mol. The van der Waals surface area contributed by atoms with Crippen LogP contribution in [0.15, 0.2) is 4.99 Å². The summed E-state index contributed by atoms with van der Waals surface area (Å²) in [6.45, 7) is 10.7. The zero-order chi connectivity index (χ0) is 18.0. The number of halogens is 1. The van der Waals surface area contributed by atoms with Gasteiger partial charge in [0.25, 0.3) is 0 Å². The molecule has 0 spiro atoms. The SMILES string of the molecule is CCCN1CCC(NC(=NC)NCCS(=O)(=O)N(CC)CC)CC1.I. The van der Waals surface area contributed by atoms with Gasteiger partial charge in [0, 0.05) is 45.8 Å². The molecule has 1 rings (SSSR count). The molecule has 7 nitrogen and oxygen atoms in total. The van der Waals surface area contributed by atoms with E-state index in [2.05, 4.69) is 27.4 Å². The van der Waals surface area contributed by atoms with Gasteiger partial charge in [-0.3, -0.25) is 4.99 Å². The second-order valence-electron chi connectivity index (χ2n) is 6.16. The predicted octanol–water partition coefficient (Wildman–Crippen LogP) is 1.32. The maximum absolute atomic E-state index is 12.2. The van der Waals surface area contributed by atoms with Crippen LogP contribution in [0.4, 0.5) is 0 Å². The number of hydrogen-bond acceptors (Lipinski definition) is 4. The molecule has 0 aromatic carbocycles. The van der Waals surface area contributed by atoms with Crippen LogP contribution in [0, 0.1) is 0 Å². The average Bonchev–Trinajstić information content (AvgIpc) is 2.56. The highest BCUT2D eigenvalue weighted by Crippen LogP contribution is 2.10. The van der Waals surface area contributed by atoms with Gasteiger partial charge in [0.05, 0.1) is 5.75 Å². The summed E-state index contributed by atoms with van der Waals surface area (Å²) >= 11 is 0. The Morgan fingerprint density at radius 3 is 2.28 bits per heavy atom. The number of aliphatic imine (C=N–C) groups is 1. The molecule has 1 aliphatic rings. The van der Waals surface area contributed by atoms with E-state index in [9.17, 15) is 8.42 Å². The number of rotatable bonds is 9. The lowest BCUT2D eigenvalue weighted by atomic mass is 10.1. The van der Waals surface area contributed by atoms with Gasteiger partial charge in [0.1, 0.15) is 0 Å². The van der Waals surface area contributed by atoms with Crippen molar-refractivity contribution in [2.24, 2.45) is 4.99 Å². The van der Waals surface area contributed by atoms with Crippen molar-refractivity contribution in [3.63, 3.8) is 0 Å². The number of nitrogens with one attached hydrogen (secondary N) is 2. The molecule has 9 heteroatoms. The molecule has 2 N–H and O–H groups in total. The molecule has 0 amide bonds. The molecule has 1 aliphatic heterocycles. The molecular formula is C16H36IN5O2S. The summed E-state index contributed by atoms with van der Waals surface area (Å²) in [6.07, 6.45) is 3.39. The predicted molar refractivity (Wildman–Crippen MR) is 116 cm³/mol. The van der Waals surface area contributed by atoms with Gasteiger partial charge >= 0.3 is 0 Å². The molecule has 0 aromatic heterocycles. The molecule has 25 heavy (non-hydrogen) atoms. The van der Waals surface area contributed by atoms with Crippen LogP contribution in [-0.2, 0) is 10.0 Å². The van der Waals surface area contributed by atoms with E-state index in [4.69, 9.17) is 0 Å². The first-order valence-electron chi connectivity index (χ1n) is 9.14. The minimum Gasteiger partial charge on any atom is -0.355 e. The van der Waals surface area contributed by atoms with E-state index in [1.54, 1.807) is 7.05 Å². The third-order valence-corrected chi connectivity index (χ3v) is 6.47. The molecule has 0 aliphatic carbocycles. The molecule has 1 heterocycles. The van der Waals surface area contributed by atoms with Crippen LogP contribution < -0.4 is 10.6 Å². The Morgan fingerprint density at radius 2 is 1.80 bits per heavy atom. The standard InChI is InChI=1S/C16H35N5O2S.HI/c1-5-11-20-12-8-15(9-13-20)19-16(17-4)18-10-14-24(22,23)21(6-2)7-3;/h15H,5-14H2,1-4H3,(H2,17,18,19);1H. The fourth-order valence-electron chi connectivity index (χ4n) is 3.05. The summed E-state index contributed by atoms with van der Waals surface area (Å²) in [7, 11) is -1.47. The van der Waals surface area contributed by atoms with Crippen molar-refractivity contribution in [1.82, 2.24) is 19.8 Å². The van der Waals surface area contributed by atoms with Gasteiger partial charge in [-0.2, -0.15) is 0 Å². The number of likely N-dealkylation sites (tertiary alicyclic amines) is 1. The Labute approximate surface area is 171 Å². The third kappa shape index (κ3) is 8.87. The third-order valence-electron chi connectivity index (χ3n) is 4.44. The molecule has 1 saturated heterocycles. The van der Waals surface area contributed by atoms with Crippen molar-refractivity contribution in [1.29, 1.82) is 0 Å². The first-order chi connectivity index (χ1) is 11.5. The lowest BCUT2D eigenvalue weighted by Gasteiger charge is -2.32. The largest absolute Gasteiger partial charge is 0.355 e. The molecule has 0 saturated carbocycles. The van der Waals surface area contributed by atoms with Crippen LogP contribution in [0.25, 0.3) is 0 Å². The van der Waals surface area contributed by atoms with E-state index in [1.165, 1.54) is 17.3 Å². The summed E-state index contributed by atoms with van der Waals surface area (Å²) < 4.78 is 25.8. The molecule has 0 unspecified atom stereocenters. The van der Waals surface area contributed by atoms with Gasteiger partial charge in [0.2, 0.25) is 10.0 Å². The first kappa shape index (κ1) is 24.9. The Balaban J connectivity index is 0.00000576. The summed E-state index contributed by atoms with van der Waals surface area (Å²) in [5, 5.41) is 6.55. The Kier molecular flexibility index (Phi) is 13.0. The molecule has 0 atom stereocenters. The van der Waals surface area contributed by atoms with Crippen molar-refractivity contribution in [3.8, 4) is 0 Å². The van der Waals surface area contributed by atoms with Crippen LogP contribution in [0.5, 0.6) is 0 Å². The second-order valence-corrected chi connectivity index (χ2v) is 8.25. The van der Waals surface area contributed by atoms with Gasteiger partial charge in [-0.25, -0.2) is 12.7 Å². The normalized spacial score (nSPS) is 17.4. The fraction of sp³-hybridized carbons (Fsp3) is 0.938. The van der Waals surface area contributed by atoms with Crippen molar-refractivity contribution in [2.75, 3.05) is 52.1 Å². The van der Waals surface area contributed by atoms with Gasteiger partial charge in [0.15, 0.2) is 5.96 Å². The quantitative estimate of drug-likeness (QED) is 0.290. The summed E-state index contributed by atoms with van der Waals surface area (Å²) in [5.74, 6) is 0.781. The maximum atomic E-state index is 12.2. The molecule has 0 aromatic rings. The number of guanidine groups is 1. The zero-order valence-electron chi connectivity index (χ0n) is 16.1.